The average molecular weight is 839 g/mol. The number of hydrogen-bond acceptors (Lipinski definition) is 4. The molecule has 13 rings (SSSR count). The Hall–Kier alpha value is -8.86. The first kappa shape index (κ1) is 37.7. The zero-order valence-corrected chi connectivity index (χ0v) is 35.7. The second-order valence-electron chi connectivity index (χ2n) is 16.9. The predicted octanol–water partition coefficient (Wildman–Crippen LogP) is 16.2. The van der Waals surface area contributed by atoms with Crippen LogP contribution in [0, 0.1) is 0 Å². The summed E-state index contributed by atoms with van der Waals surface area (Å²) in [5, 5.41) is 9.18. The minimum Gasteiger partial charge on any atom is -0.254 e. The number of pyridine rings is 4. The number of nitrogens with zero attached hydrogens (tertiary/aromatic N) is 4. The molecule has 0 aliphatic heterocycles. The van der Waals surface area contributed by atoms with Gasteiger partial charge in [-0.25, -0.2) is 9.97 Å². The largest absolute Gasteiger partial charge is 0.254 e. The summed E-state index contributed by atoms with van der Waals surface area (Å²) in [4.78, 5) is 20.0. The smallest absolute Gasteiger partial charge is 0.0978 e. The Bertz CT molecular complexity index is 3690. The fourth-order valence-electron chi connectivity index (χ4n) is 10.0. The van der Waals surface area contributed by atoms with E-state index in [0.717, 1.165) is 88.4 Å². The third-order valence-electron chi connectivity index (χ3n) is 13.1. The summed E-state index contributed by atoms with van der Waals surface area (Å²) in [6, 6.07) is 78.1. The van der Waals surface area contributed by atoms with Crippen molar-refractivity contribution in [1.82, 2.24) is 19.9 Å². The van der Waals surface area contributed by atoms with Gasteiger partial charge in [-0.1, -0.05) is 194 Å². The molecule has 0 radical (unpaired) electrons. The second-order valence-corrected chi connectivity index (χ2v) is 16.9. The van der Waals surface area contributed by atoms with Crippen molar-refractivity contribution in [3.8, 4) is 67.0 Å². The molecule has 66 heavy (non-hydrogen) atoms. The Morgan fingerprint density at radius 3 is 1.00 bits per heavy atom. The van der Waals surface area contributed by atoms with Crippen LogP contribution in [0.3, 0.4) is 0 Å². The van der Waals surface area contributed by atoms with Crippen molar-refractivity contribution >= 4 is 65.2 Å². The highest BCUT2D eigenvalue weighted by atomic mass is 14.8. The maximum Gasteiger partial charge on any atom is 0.0978 e. The van der Waals surface area contributed by atoms with Gasteiger partial charge in [-0.15, -0.1) is 0 Å². The van der Waals surface area contributed by atoms with Crippen LogP contribution in [0.4, 0.5) is 0 Å². The number of benzene rings is 9. The fraction of sp³-hybridized carbons (Fsp3) is 0. The summed E-state index contributed by atoms with van der Waals surface area (Å²) in [5.41, 5.74) is 17.0. The monoisotopic (exact) mass is 838 g/mol. The molecule has 4 aromatic heterocycles. The summed E-state index contributed by atoms with van der Waals surface area (Å²) in [6.45, 7) is 0. The summed E-state index contributed by atoms with van der Waals surface area (Å²) in [6.07, 6.45) is 3.71. The normalized spacial score (nSPS) is 11.6. The predicted molar refractivity (Wildman–Crippen MR) is 275 cm³/mol. The lowest BCUT2D eigenvalue weighted by molar-refractivity contribution is 1.37. The highest BCUT2D eigenvalue weighted by Gasteiger charge is 2.19. The van der Waals surface area contributed by atoms with Gasteiger partial charge in [0, 0.05) is 45.1 Å². The molecule has 4 heterocycles. The third kappa shape index (κ3) is 6.22. The molecule has 0 aliphatic carbocycles. The van der Waals surface area contributed by atoms with E-state index in [1.807, 2.05) is 36.7 Å². The van der Waals surface area contributed by atoms with Crippen LogP contribution < -0.4 is 0 Å². The Balaban J connectivity index is 0.942. The first-order chi connectivity index (χ1) is 32.7. The maximum absolute atomic E-state index is 5.22. The Morgan fingerprint density at radius 2 is 0.606 bits per heavy atom. The molecule has 0 fully saturated rings. The van der Waals surface area contributed by atoms with Crippen molar-refractivity contribution in [2.75, 3.05) is 0 Å². The van der Waals surface area contributed by atoms with Crippen molar-refractivity contribution in [3.63, 3.8) is 0 Å². The minimum absolute atomic E-state index is 0.908. The fourth-order valence-corrected chi connectivity index (χ4v) is 10.0. The third-order valence-corrected chi connectivity index (χ3v) is 13.1. The molecule has 9 aromatic carbocycles. The Morgan fingerprint density at radius 1 is 0.242 bits per heavy atom. The molecule has 0 saturated carbocycles. The van der Waals surface area contributed by atoms with Gasteiger partial charge in [0.2, 0.25) is 0 Å². The first-order valence-corrected chi connectivity index (χ1v) is 22.4. The lowest BCUT2D eigenvalue weighted by atomic mass is 9.85. The van der Waals surface area contributed by atoms with Crippen LogP contribution in [0.25, 0.3) is 132 Å². The van der Waals surface area contributed by atoms with Crippen molar-refractivity contribution in [2.24, 2.45) is 0 Å². The van der Waals surface area contributed by atoms with E-state index in [4.69, 9.17) is 19.9 Å². The van der Waals surface area contributed by atoms with Crippen LogP contribution in [0.1, 0.15) is 0 Å². The van der Waals surface area contributed by atoms with Gasteiger partial charge < -0.3 is 0 Å². The van der Waals surface area contributed by atoms with Crippen LogP contribution >= 0.6 is 0 Å². The lowest BCUT2D eigenvalue weighted by Crippen LogP contribution is -1.93. The van der Waals surface area contributed by atoms with Crippen molar-refractivity contribution in [3.05, 3.63) is 231 Å². The Kier molecular flexibility index (Phi) is 8.81. The zero-order chi connectivity index (χ0) is 43.6. The molecule has 0 bridgehead atoms. The van der Waals surface area contributed by atoms with Gasteiger partial charge >= 0.3 is 0 Å². The topological polar surface area (TPSA) is 51.6 Å². The van der Waals surface area contributed by atoms with Crippen LogP contribution in [0.5, 0.6) is 0 Å². The molecule has 4 heteroatoms. The maximum atomic E-state index is 5.22. The van der Waals surface area contributed by atoms with Crippen LogP contribution in [0.15, 0.2) is 231 Å². The molecule has 0 amide bonds. The molecule has 4 nitrogen and oxygen atoms in total. The SMILES string of the molecule is c1ccc(-c2cc(-c3ccc(-c4c5ccccc5c(-c5ccc(-c6cc(-c7ccccc7)nc7c6ccc6cccnc67)cc5)c5ccccc45)cc3)c3ccc4cccnc4c3n2)cc1. The summed E-state index contributed by atoms with van der Waals surface area (Å²) < 4.78 is 0. The zero-order valence-electron chi connectivity index (χ0n) is 35.7. The van der Waals surface area contributed by atoms with E-state index in [-0.39, 0.29) is 0 Å². The summed E-state index contributed by atoms with van der Waals surface area (Å²) in [5.74, 6) is 0. The number of fused-ring (bicyclic) bond motifs is 8. The van der Waals surface area contributed by atoms with Gasteiger partial charge in [0.05, 0.1) is 33.5 Å². The second kappa shape index (κ2) is 15.4. The number of hydrogen-bond donors (Lipinski definition) is 0. The molecule has 0 aliphatic rings. The molecular weight excluding hydrogens is 801 g/mol. The van der Waals surface area contributed by atoms with Crippen molar-refractivity contribution < 1.29 is 0 Å². The first-order valence-electron chi connectivity index (χ1n) is 22.4. The van der Waals surface area contributed by atoms with Gasteiger partial charge in [0.1, 0.15) is 0 Å². The van der Waals surface area contributed by atoms with Gasteiger partial charge in [-0.3, -0.25) is 9.97 Å². The van der Waals surface area contributed by atoms with Crippen LogP contribution in [-0.4, -0.2) is 19.9 Å². The molecular formula is C62H38N4. The molecule has 13 aromatic rings. The average Bonchev–Trinajstić information content (AvgIpc) is 3.40. The molecule has 0 N–H and O–H groups in total. The van der Waals surface area contributed by atoms with Crippen molar-refractivity contribution in [1.29, 1.82) is 0 Å². The van der Waals surface area contributed by atoms with Crippen LogP contribution in [0.2, 0.25) is 0 Å². The molecule has 0 unspecified atom stereocenters. The van der Waals surface area contributed by atoms with Gasteiger partial charge in [0.15, 0.2) is 0 Å². The van der Waals surface area contributed by atoms with E-state index in [2.05, 4.69) is 194 Å². The molecule has 306 valence electrons. The highest BCUT2D eigenvalue weighted by Crippen LogP contribution is 2.45. The molecule has 0 spiro atoms. The van der Waals surface area contributed by atoms with Gasteiger partial charge in [0.25, 0.3) is 0 Å². The van der Waals surface area contributed by atoms with E-state index < -0.39 is 0 Å². The van der Waals surface area contributed by atoms with Crippen molar-refractivity contribution in [2.45, 2.75) is 0 Å². The highest BCUT2D eigenvalue weighted by molar-refractivity contribution is 6.21. The standard InChI is InChI=1S/C62H38N4/c1-3-13-41(14-4-1)55-37-53(51-33-31-45-17-11-35-63-59(45)61(51)65-55)39-23-27-43(28-24-39)57-47-19-7-9-21-49(47)58(50-22-10-8-20-48(50)57)44-29-25-40(26-30-44)54-38-56(42-15-5-2-6-16-42)66-62-52(54)34-32-46-18-12-36-64-60(46)62/h1-38H. The van der Waals surface area contributed by atoms with Gasteiger partial charge in [-0.2, -0.15) is 0 Å². The van der Waals surface area contributed by atoms with E-state index in [0.29, 0.717) is 0 Å². The van der Waals surface area contributed by atoms with Gasteiger partial charge in [-0.05, 0) is 90.3 Å². The minimum atomic E-state index is 0.908. The van der Waals surface area contributed by atoms with E-state index >= 15 is 0 Å². The number of aromatic nitrogens is 4. The molecule has 0 atom stereocenters. The quantitative estimate of drug-likeness (QED) is 0.124. The molecule has 0 saturated heterocycles. The lowest BCUT2D eigenvalue weighted by Gasteiger charge is -2.18. The van der Waals surface area contributed by atoms with Crippen LogP contribution in [-0.2, 0) is 0 Å². The number of rotatable bonds is 6. The van der Waals surface area contributed by atoms with E-state index in [1.165, 1.54) is 43.8 Å². The Labute approximate surface area is 381 Å². The summed E-state index contributed by atoms with van der Waals surface area (Å²) >= 11 is 0. The van der Waals surface area contributed by atoms with E-state index in [1.54, 1.807) is 0 Å². The van der Waals surface area contributed by atoms with E-state index in [9.17, 15) is 0 Å². The summed E-state index contributed by atoms with van der Waals surface area (Å²) in [7, 11) is 0.